The molecular formula is C20H22N2O6. The predicted molar refractivity (Wildman–Crippen MR) is 103 cm³/mol. The van der Waals surface area contributed by atoms with Crippen molar-refractivity contribution in [1.82, 2.24) is 0 Å². The lowest BCUT2D eigenvalue weighted by Crippen LogP contribution is -2.35. The second kappa shape index (κ2) is 7.38. The molecule has 1 aliphatic heterocycles. The quantitative estimate of drug-likeness (QED) is 0.559. The lowest BCUT2D eigenvalue weighted by molar-refractivity contribution is -0.384. The van der Waals surface area contributed by atoms with E-state index in [2.05, 4.69) is 0 Å². The van der Waals surface area contributed by atoms with Crippen LogP contribution in [0.1, 0.15) is 26.3 Å². The standard InChI is InChI=1S/C20H22N2O6/c1-20(2,3)28-19(23)21-10-9-13-11-15(6-7-16(13)21)27-17-8-5-14(22(24)25)12-18(17)26-4/h5-8,11-12H,9-10H2,1-4H3. The van der Waals surface area contributed by atoms with E-state index in [0.29, 0.717) is 24.5 Å². The molecule has 148 valence electrons. The zero-order chi connectivity index (χ0) is 20.5. The van der Waals surface area contributed by atoms with Gasteiger partial charge in [-0.25, -0.2) is 4.79 Å². The summed E-state index contributed by atoms with van der Waals surface area (Å²) in [7, 11) is 1.42. The molecule has 2 aromatic rings. The molecule has 0 unspecified atom stereocenters. The lowest BCUT2D eigenvalue weighted by Gasteiger charge is -2.24. The molecule has 0 atom stereocenters. The maximum Gasteiger partial charge on any atom is 0.414 e. The Kier molecular flexibility index (Phi) is 5.13. The average Bonchev–Trinajstić information content (AvgIpc) is 3.03. The van der Waals surface area contributed by atoms with E-state index in [4.69, 9.17) is 14.2 Å². The Hall–Kier alpha value is -3.29. The van der Waals surface area contributed by atoms with E-state index in [-0.39, 0.29) is 17.5 Å². The summed E-state index contributed by atoms with van der Waals surface area (Å²) in [4.78, 5) is 24.4. The smallest absolute Gasteiger partial charge is 0.414 e. The van der Waals surface area contributed by atoms with Gasteiger partial charge in [0.15, 0.2) is 11.5 Å². The molecular weight excluding hydrogens is 364 g/mol. The predicted octanol–water partition coefficient (Wildman–Crippen LogP) is 4.69. The van der Waals surface area contributed by atoms with Crippen molar-refractivity contribution in [2.75, 3.05) is 18.6 Å². The minimum atomic E-state index is -0.560. The van der Waals surface area contributed by atoms with Crippen LogP contribution in [0.3, 0.4) is 0 Å². The number of anilines is 1. The molecule has 0 bridgehead atoms. The van der Waals surface area contributed by atoms with Crippen LogP contribution in [0.15, 0.2) is 36.4 Å². The summed E-state index contributed by atoms with van der Waals surface area (Å²) in [6, 6.07) is 9.56. The van der Waals surface area contributed by atoms with Crippen LogP contribution in [-0.4, -0.2) is 30.3 Å². The highest BCUT2D eigenvalue weighted by Crippen LogP contribution is 2.37. The third kappa shape index (κ3) is 4.16. The number of rotatable bonds is 4. The molecule has 0 saturated carbocycles. The largest absolute Gasteiger partial charge is 0.493 e. The van der Waals surface area contributed by atoms with Crippen LogP contribution in [0, 0.1) is 10.1 Å². The number of ether oxygens (including phenoxy) is 3. The van der Waals surface area contributed by atoms with E-state index in [0.717, 1.165) is 11.3 Å². The van der Waals surface area contributed by atoms with Crippen molar-refractivity contribution in [3.63, 3.8) is 0 Å². The Balaban J connectivity index is 1.80. The van der Waals surface area contributed by atoms with Gasteiger partial charge in [-0.3, -0.25) is 15.0 Å². The number of nitro benzene ring substituents is 1. The Morgan fingerprint density at radius 3 is 2.54 bits per heavy atom. The highest BCUT2D eigenvalue weighted by Gasteiger charge is 2.29. The number of methoxy groups -OCH3 is 1. The first-order chi connectivity index (χ1) is 13.2. The number of hydrogen-bond donors (Lipinski definition) is 0. The van der Waals surface area contributed by atoms with Gasteiger partial charge in [0.2, 0.25) is 0 Å². The topological polar surface area (TPSA) is 91.1 Å². The monoisotopic (exact) mass is 386 g/mol. The van der Waals surface area contributed by atoms with Crippen molar-refractivity contribution in [1.29, 1.82) is 0 Å². The summed E-state index contributed by atoms with van der Waals surface area (Å²) in [5, 5.41) is 10.9. The first kappa shape index (κ1) is 19.5. The number of fused-ring (bicyclic) bond motifs is 1. The van der Waals surface area contributed by atoms with Crippen molar-refractivity contribution < 1.29 is 23.9 Å². The fraction of sp³-hybridized carbons (Fsp3) is 0.350. The first-order valence-electron chi connectivity index (χ1n) is 8.81. The van der Waals surface area contributed by atoms with Crippen molar-refractivity contribution in [3.05, 3.63) is 52.1 Å². The number of non-ortho nitro benzene ring substituents is 1. The number of carbonyl (C=O) groups excluding carboxylic acids is 1. The first-order valence-corrected chi connectivity index (χ1v) is 8.81. The van der Waals surface area contributed by atoms with Crippen LogP contribution < -0.4 is 14.4 Å². The lowest BCUT2D eigenvalue weighted by atomic mass is 10.1. The van der Waals surface area contributed by atoms with Gasteiger partial charge in [-0.1, -0.05) is 0 Å². The van der Waals surface area contributed by atoms with Gasteiger partial charge in [-0.05, 0) is 57.0 Å². The van der Waals surface area contributed by atoms with Gasteiger partial charge >= 0.3 is 6.09 Å². The van der Waals surface area contributed by atoms with Gasteiger partial charge < -0.3 is 14.2 Å². The maximum atomic E-state index is 12.4. The van der Waals surface area contributed by atoms with Gasteiger partial charge in [-0.15, -0.1) is 0 Å². The second-order valence-corrected chi connectivity index (χ2v) is 7.37. The normalized spacial score (nSPS) is 13.1. The maximum absolute atomic E-state index is 12.4. The Bertz CT molecular complexity index is 919. The van der Waals surface area contributed by atoms with Crippen LogP contribution in [0.2, 0.25) is 0 Å². The van der Waals surface area contributed by atoms with Crippen molar-refractivity contribution in [2.24, 2.45) is 0 Å². The molecule has 0 radical (unpaired) electrons. The van der Waals surface area contributed by atoms with Crippen molar-refractivity contribution in [2.45, 2.75) is 32.8 Å². The van der Waals surface area contributed by atoms with Crippen molar-refractivity contribution >= 4 is 17.5 Å². The van der Waals surface area contributed by atoms with Gasteiger partial charge in [0, 0.05) is 12.6 Å². The van der Waals surface area contributed by atoms with Gasteiger partial charge in [0.25, 0.3) is 5.69 Å². The third-order valence-electron chi connectivity index (χ3n) is 4.15. The SMILES string of the molecule is COc1cc([N+](=O)[O-])ccc1Oc1ccc2c(c1)CCN2C(=O)OC(C)(C)C. The number of hydrogen-bond acceptors (Lipinski definition) is 6. The number of amides is 1. The Morgan fingerprint density at radius 1 is 1.14 bits per heavy atom. The molecule has 0 spiro atoms. The fourth-order valence-corrected chi connectivity index (χ4v) is 2.93. The third-order valence-corrected chi connectivity index (χ3v) is 4.15. The summed E-state index contributed by atoms with van der Waals surface area (Å²) >= 11 is 0. The molecule has 0 aliphatic carbocycles. The average molecular weight is 386 g/mol. The molecule has 3 rings (SSSR count). The van der Waals surface area contributed by atoms with Crippen LogP contribution >= 0.6 is 0 Å². The second-order valence-electron chi connectivity index (χ2n) is 7.37. The van der Waals surface area contributed by atoms with Gasteiger partial charge in [-0.2, -0.15) is 0 Å². The minimum Gasteiger partial charge on any atom is -0.493 e. The highest BCUT2D eigenvalue weighted by molar-refractivity contribution is 5.90. The Morgan fingerprint density at radius 2 is 1.89 bits per heavy atom. The molecule has 1 amide bonds. The van der Waals surface area contributed by atoms with E-state index >= 15 is 0 Å². The van der Waals surface area contributed by atoms with Crippen LogP contribution in [0.25, 0.3) is 0 Å². The van der Waals surface area contributed by atoms with Crippen molar-refractivity contribution in [3.8, 4) is 17.2 Å². The summed E-state index contributed by atoms with van der Waals surface area (Å²) in [6.07, 6.45) is 0.306. The number of benzene rings is 2. The van der Waals surface area contributed by atoms with Crippen LogP contribution in [0.5, 0.6) is 17.2 Å². The highest BCUT2D eigenvalue weighted by atomic mass is 16.6. The van der Waals surface area contributed by atoms with E-state index in [1.165, 1.54) is 25.3 Å². The molecule has 0 saturated heterocycles. The van der Waals surface area contributed by atoms with E-state index in [9.17, 15) is 14.9 Å². The number of nitrogens with zero attached hydrogens (tertiary/aromatic N) is 2. The summed E-state index contributed by atoms with van der Waals surface area (Å²) in [5.74, 6) is 1.19. The summed E-state index contributed by atoms with van der Waals surface area (Å²) in [6.45, 7) is 6.03. The molecule has 8 heteroatoms. The summed E-state index contributed by atoms with van der Waals surface area (Å²) in [5.41, 5.74) is 1.11. The summed E-state index contributed by atoms with van der Waals surface area (Å²) < 4.78 is 16.5. The number of carbonyl (C=O) groups is 1. The number of nitro groups is 1. The molecule has 8 nitrogen and oxygen atoms in total. The molecule has 1 aliphatic rings. The van der Waals surface area contributed by atoms with Crippen LogP contribution in [0.4, 0.5) is 16.2 Å². The minimum absolute atomic E-state index is 0.0776. The fourth-order valence-electron chi connectivity index (χ4n) is 2.93. The Labute approximate surface area is 162 Å². The van der Waals surface area contributed by atoms with Gasteiger partial charge in [0.05, 0.1) is 23.8 Å². The molecule has 0 N–H and O–H groups in total. The van der Waals surface area contributed by atoms with E-state index < -0.39 is 10.5 Å². The van der Waals surface area contributed by atoms with E-state index in [1.807, 2.05) is 26.8 Å². The zero-order valence-corrected chi connectivity index (χ0v) is 16.2. The van der Waals surface area contributed by atoms with Gasteiger partial charge in [0.1, 0.15) is 11.4 Å². The van der Waals surface area contributed by atoms with E-state index in [1.54, 1.807) is 17.0 Å². The molecule has 0 aromatic heterocycles. The molecule has 1 heterocycles. The molecule has 28 heavy (non-hydrogen) atoms. The molecule has 0 fully saturated rings. The van der Waals surface area contributed by atoms with Crippen LogP contribution in [-0.2, 0) is 11.2 Å². The zero-order valence-electron chi connectivity index (χ0n) is 16.2. The molecule has 2 aromatic carbocycles.